The van der Waals surface area contributed by atoms with Crippen molar-refractivity contribution in [3.63, 3.8) is 0 Å². The number of benzene rings is 2. The summed E-state index contributed by atoms with van der Waals surface area (Å²) in [5, 5.41) is 15.9. The molecule has 3 aromatic rings. The van der Waals surface area contributed by atoms with Crippen LogP contribution in [-0.2, 0) is 14.4 Å². The van der Waals surface area contributed by atoms with Crippen molar-refractivity contribution in [1.29, 1.82) is 0 Å². The Kier molecular flexibility index (Phi) is 9.20. The van der Waals surface area contributed by atoms with Gasteiger partial charge < -0.3 is 24.6 Å². The number of nitrogens with one attached hydrogen (secondary N) is 1. The Balaban J connectivity index is 1.46. The fourth-order valence-electron chi connectivity index (χ4n) is 4.52. The molecular formula is C27H25F4N3O7. The molecule has 10 nitrogen and oxygen atoms in total. The van der Waals surface area contributed by atoms with Crippen LogP contribution in [0.1, 0.15) is 42.6 Å². The van der Waals surface area contributed by atoms with E-state index in [1.54, 1.807) is 24.3 Å². The molecule has 0 bridgehead atoms. The second-order valence-electron chi connectivity index (χ2n) is 9.52. The molecule has 1 saturated heterocycles. The number of rotatable bonds is 10. The van der Waals surface area contributed by atoms with Gasteiger partial charge in [-0.2, -0.15) is 8.78 Å². The number of halogens is 4. The lowest BCUT2D eigenvalue weighted by Gasteiger charge is -2.25. The average Bonchev–Trinajstić information content (AvgIpc) is 3.22. The predicted molar refractivity (Wildman–Crippen MR) is 133 cm³/mol. The summed E-state index contributed by atoms with van der Waals surface area (Å²) in [5.74, 6) is -12.8. The minimum absolute atomic E-state index is 0.0266. The lowest BCUT2D eigenvalue weighted by molar-refractivity contribution is -0.138. The van der Waals surface area contributed by atoms with Gasteiger partial charge in [0.15, 0.2) is 34.4 Å². The number of Topliss-reactive ketones (excluding diaryl/α,β-unsaturated/α-hetero) is 1. The lowest BCUT2D eigenvalue weighted by atomic mass is 10.00. The van der Waals surface area contributed by atoms with E-state index in [2.05, 4.69) is 10.5 Å². The van der Waals surface area contributed by atoms with Crippen LogP contribution in [0.5, 0.6) is 5.75 Å². The SMILES string of the molecule is O=C(O)CC[C@H](NC(=O)C1CCCCN(C(=O)c2noc3ccccc23)C1)C(=O)COc1c(F)c(F)cc(F)c1F. The van der Waals surface area contributed by atoms with Crippen LogP contribution in [0.3, 0.4) is 0 Å². The molecule has 2 aromatic carbocycles. The zero-order valence-electron chi connectivity index (χ0n) is 21.5. The van der Waals surface area contributed by atoms with Crippen molar-refractivity contribution >= 4 is 34.5 Å². The van der Waals surface area contributed by atoms with Crippen molar-refractivity contribution in [3.05, 3.63) is 59.3 Å². The van der Waals surface area contributed by atoms with Crippen molar-refractivity contribution < 1.29 is 51.1 Å². The van der Waals surface area contributed by atoms with Gasteiger partial charge in [-0.25, -0.2) is 8.78 Å². The molecule has 0 radical (unpaired) electrons. The first-order valence-corrected chi connectivity index (χ1v) is 12.7. The van der Waals surface area contributed by atoms with Crippen molar-refractivity contribution in [1.82, 2.24) is 15.4 Å². The second kappa shape index (κ2) is 12.8. The van der Waals surface area contributed by atoms with Crippen molar-refractivity contribution in [2.75, 3.05) is 19.7 Å². The van der Waals surface area contributed by atoms with E-state index < -0.39 is 84.0 Å². The van der Waals surface area contributed by atoms with Crippen molar-refractivity contribution in [2.24, 2.45) is 5.92 Å². The lowest BCUT2D eigenvalue weighted by Crippen LogP contribution is -2.48. The van der Waals surface area contributed by atoms with Crippen LogP contribution >= 0.6 is 0 Å². The highest BCUT2D eigenvalue weighted by Crippen LogP contribution is 2.27. The first-order chi connectivity index (χ1) is 19.6. The predicted octanol–water partition coefficient (Wildman–Crippen LogP) is 3.62. The summed E-state index contributed by atoms with van der Waals surface area (Å²) >= 11 is 0. The van der Waals surface area contributed by atoms with Gasteiger partial charge in [0.1, 0.15) is 6.61 Å². The monoisotopic (exact) mass is 579 g/mol. The zero-order chi connectivity index (χ0) is 29.7. The summed E-state index contributed by atoms with van der Waals surface area (Å²) in [6, 6.07) is 5.29. The van der Waals surface area contributed by atoms with Crippen LogP contribution in [0.4, 0.5) is 17.6 Å². The Labute approximate surface area is 230 Å². The summed E-state index contributed by atoms with van der Waals surface area (Å²) < 4.78 is 64.7. The first-order valence-electron chi connectivity index (χ1n) is 12.7. The molecule has 218 valence electrons. The number of para-hydroxylation sites is 1. The van der Waals surface area contributed by atoms with Crippen LogP contribution in [0, 0.1) is 29.2 Å². The van der Waals surface area contributed by atoms with Gasteiger partial charge in [-0.05, 0) is 31.4 Å². The van der Waals surface area contributed by atoms with Crippen LogP contribution in [0.2, 0.25) is 0 Å². The molecule has 2 amide bonds. The van der Waals surface area contributed by atoms with E-state index in [0.717, 1.165) is 0 Å². The number of aromatic nitrogens is 1. The highest BCUT2D eigenvalue weighted by atomic mass is 19.2. The van der Waals surface area contributed by atoms with Crippen LogP contribution in [0.25, 0.3) is 11.0 Å². The fourth-order valence-corrected chi connectivity index (χ4v) is 4.52. The highest BCUT2D eigenvalue weighted by Gasteiger charge is 2.32. The number of ether oxygens (including phenoxy) is 1. The molecule has 0 aliphatic carbocycles. The molecule has 2 heterocycles. The maximum Gasteiger partial charge on any atom is 0.303 e. The molecule has 0 spiro atoms. The molecule has 0 saturated carbocycles. The van der Waals surface area contributed by atoms with Gasteiger partial charge in [-0.3, -0.25) is 19.2 Å². The van der Waals surface area contributed by atoms with E-state index in [1.807, 2.05) is 0 Å². The Hall–Kier alpha value is -4.49. The van der Waals surface area contributed by atoms with Gasteiger partial charge in [0, 0.05) is 25.6 Å². The normalized spacial score (nSPS) is 16.2. The number of carboxylic acids is 1. The van der Waals surface area contributed by atoms with E-state index in [-0.39, 0.29) is 18.3 Å². The highest BCUT2D eigenvalue weighted by molar-refractivity contribution is 6.04. The minimum atomic E-state index is -1.86. The van der Waals surface area contributed by atoms with Gasteiger partial charge in [-0.15, -0.1) is 0 Å². The third-order valence-electron chi connectivity index (χ3n) is 6.69. The Bertz CT molecular complexity index is 1450. The van der Waals surface area contributed by atoms with Gasteiger partial charge in [0.25, 0.3) is 5.91 Å². The summed E-state index contributed by atoms with van der Waals surface area (Å²) in [6.45, 7) is -0.808. The molecular weight excluding hydrogens is 554 g/mol. The molecule has 2 atom stereocenters. The number of amides is 2. The zero-order valence-corrected chi connectivity index (χ0v) is 21.5. The van der Waals surface area contributed by atoms with Crippen LogP contribution in [-0.4, -0.2) is 64.5 Å². The third kappa shape index (κ3) is 6.81. The summed E-state index contributed by atoms with van der Waals surface area (Å²) in [6.07, 6.45) is 0.558. The van der Waals surface area contributed by atoms with Crippen molar-refractivity contribution in [3.8, 4) is 5.75 Å². The second-order valence-corrected chi connectivity index (χ2v) is 9.52. The van der Waals surface area contributed by atoms with Gasteiger partial charge in [0.05, 0.1) is 17.3 Å². The van der Waals surface area contributed by atoms with Crippen molar-refractivity contribution in [2.45, 2.75) is 38.1 Å². The average molecular weight is 580 g/mol. The smallest absolute Gasteiger partial charge is 0.303 e. The Morgan fingerprint density at radius 1 is 1.10 bits per heavy atom. The quantitative estimate of drug-likeness (QED) is 0.274. The molecule has 1 fully saturated rings. The standard InChI is InChI=1S/C27H25F4N3O7/c28-16-11-17(29)23(31)25(22(16)30)40-13-19(35)18(8-9-21(36)37)32-26(38)14-5-3-4-10-34(12-14)27(39)24-15-6-1-2-7-20(15)41-33-24/h1-2,6-7,11,14,18H,3-5,8-10,12-13H2,(H,32,38)(H,36,37)/t14?,18-/m0/s1. The Morgan fingerprint density at radius 2 is 1.80 bits per heavy atom. The Morgan fingerprint density at radius 3 is 2.51 bits per heavy atom. The van der Waals surface area contributed by atoms with E-state index in [0.29, 0.717) is 36.8 Å². The molecule has 1 aliphatic heterocycles. The maximum atomic E-state index is 13.9. The van der Waals surface area contributed by atoms with E-state index in [9.17, 15) is 36.7 Å². The number of carbonyl (C=O) groups excluding carboxylic acids is 3. The molecule has 1 aliphatic rings. The van der Waals surface area contributed by atoms with Crippen LogP contribution < -0.4 is 10.1 Å². The topological polar surface area (TPSA) is 139 Å². The van der Waals surface area contributed by atoms with Gasteiger partial charge in [-0.1, -0.05) is 23.7 Å². The third-order valence-corrected chi connectivity index (χ3v) is 6.69. The molecule has 4 rings (SSSR count). The number of nitrogens with zero attached hydrogens (tertiary/aromatic N) is 2. The minimum Gasteiger partial charge on any atom is -0.481 e. The number of carboxylic acid groups (broad SMARTS) is 1. The first kappa shape index (κ1) is 29.5. The summed E-state index contributed by atoms with van der Waals surface area (Å²) in [4.78, 5) is 51.8. The molecule has 14 heteroatoms. The van der Waals surface area contributed by atoms with E-state index in [4.69, 9.17) is 14.4 Å². The summed E-state index contributed by atoms with van der Waals surface area (Å²) in [7, 11) is 0. The van der Waals surface area contributed by atoms with E-state index in [1.165, 1.54) is 4.90 Å². The molecule has 1 aromatic heterocycles. The number of likely N-dealkylation sites (tertiary alicyclic amines) is 1. The molecule has 1 unspecified atom stereocenters. The number of carbonyl (C=O) groups is 4. The van der Waals surface area contributed by atoms with E-state index >= 15 is 0 Å². The summed E-state index contributed by atoms with van der Waals surface area (Å²) in [5.41, 5.74) is 0.504. The number of hydrogen-bond donors (Lipinski definition) is 2. The van der Waals surface area contributed by atoms with Gasteiger partial charge in [0.2, 0.25) is 17.5 Å². The maximum absolute atomic E-state index is 13.9. The number of hydrogen-bond acceptors (Lipinski definition) is 7. The molecule has 2 N–H and O–H groups in total. The van der Waals surface area contributed by atoms with Crippen LogP contribution in [0.15, 0.2) is 34.9 Å². The fraction of sp³-hybridized carbons (Fsp3) is 0.370. The largest absolute Gasteiger partial charge is 0.481 e. The number of ketones is 1. The molecule has 41 heavy (non-hydrogen) atoms. The van der Waals surface area contributed by atoms with Gasteiger partial charge >= 0.3 is 5.97 Å². The number of fused-ring (bicyclic) bond motifs is 1. The number of aliphatic carboxylic acids is 1.